The zero-order valence-electron chi connectivity index (χ0n) is 31.8. The molecule has 0 aliphatic carbocycles. The van der Waals surface area contributed by atoms with Gasteiger partial charge in [-0.1, -0.05) is 66.7 Å². The van der Waals surface area contributed by atoms with Gasteiger partial charge in [-0.3, -0.25) is 33.3 Å². The van der Waals surface area contributed by atoms with Crippen LogP contribution < -0.4 is 21.7 Å². The SMILES string of the molecule is CC(=O)N1CC[C@H]2CC[C@@H](C(=O)N[C@@H](CCC(N)=O)C(=O)NC(c3ccccc3)c3ccccc3)N2C(=O)[C@@H](NC(=O)c2cc3cc(C(F)(F)P(=O)(O)O)ccc3[nH]2)C1. The van der Waals surface area contributed by atoms with Gasteiger partial charge in [-0.25, -0.2) is 0 Å². The lowest BCUT2D eigenvalue weighted by Gasteiger charge is -2.38. The molecule has 3 aromatic carbocycles. The number of aromatic nitrogens is 1. The number of carbonyl (C=O) groups excluding carboxylic acids is 6. The van der Waals surface area contributed by atoms with Gasteiger partial charge in [-0.15, -0.1) is 0 Å². The summed E-state index contributed by atoms with van der Waals surface area (Å²) < 4.78 is 40.3. The van der Waals surface area contributed by atoms with Crippen LogP contribution >= 0.6 is 7.60 Å². The number of hydrogen-bond donors (Lipinski definition) is 7. The fourth-order valence-corrected chi connectivity index (χ4v) is 8.06. The molecule has 3 heterocycles. The molecule has 2 saturated heterocycles. The number of nitrogens with zero attached hydrogens (tertiary/aromatic N) is 2. The van der Waals surface area contributed by atoms with E-state index in [1.807, 2.05) is 60.7 Å². The number of amides is 6. The molecule has 0 radical (unpaired) electrons. The van der Waals surface area contributed by atoms with Crippen molar-refractivity contribution in [1.82, 2.24) is 30.7 Å². The van der Waals surface area contributed by atoms with Crippen molar-refractivity contribution >= 4 is 53.9 Å². The minimum absolute atomic E-state index is 0.0280. The molecular weight excluding hydrogens is 791 g/mol. The Balaban J connectivity index is 1.23. The van der Waals surface area contributed by atoms with Crippen LogP contribution in [0.4, 0.5) is 8.78 Å². The van der Waals surface area contributed by atoms with Crippen LogP contribution in [0, 0.1) is 0 Å². The van der Waals surface area contributed by atoms with Crippen LogP contribution in [0.5, 0.6) is 0 Å². The zero-order chi connectivity index (χ0) is 42.6. The highest BCUT2D eigenvalue weighted by molar-refractivity contribution is 7.52. The first-order chi connectivity index (χ1) is 27.9. The van der Waals surface area contributed by atoms with E-state index in [9.17, 15) is 51.9 Å². The number of nitrogens with one attached hydrogen (secondary N) is 4. The van der Waals surface area contributed by atoms with E-state index < -0.39 is 78.6 Å². The number of alkyl halides is 2. The average Bonchev–Trinajstić information content (AvgIpc) is 3.83. The summed E-state index contributed by atoms with van der Waals surface area (Å²) >= 11 is 0. The molecule has 6 amide bonds. The third-order valence-corrected chi connectivity index (χ3v) is 11.7. The number of carbonyl (C=O) groups is 6. The molecule has 312 valence electrons. The molecule has 2 fully saturated rings. The topological polar surface area (TPSA) is 244 Å². The van der Waals surface area contributed by atoms with Crippen LogP contribution in [0.25, 0.3) is 10.9 Å². The standard InChI is InChI=1S/C40H44F2N7O9P/c1-23(50)48-19-18-28-13-16-33(38(54)45-30(15-17-34(43)51)36(52)47-35(24-8-4-2-5-9-24)25-10-6-3-7-11-25)49(28)39(55)32(22-48)46-37(53)31-21-26-20-27(12-14-29(26)44-31)40(41,42)59(56,57)58/h2-12,14,20-21,28,30,32-33,35,44H,13,15-19,22H2,1H3,(H2,43,51)(H,45,54)(H,46,53)(H,47,52)(H2,56,57,58)/t28-,30+,32+,33+/m1/s1. The number of primary amides is 1. The second kappa shape index (κ2) is 17.5. The minimum atomic E-state index is -5.87. The summed E-state index contributed by atoms with van der Waals surface area (Å²) in [4.78, 5) is 105. The lowest BCUT2D eigenvalue weighted by Crippen LogP contribution is -2.62. The predicted octanol–water partition coefficient (Wildman–Crippen LogP) is 2.76. The van der Waals surface area contributed by atoms with Crippen molar-refractivity contribution in [1.29, 1.82) is 0 Å². The number of aromatic amines is 1. The van der Waals surface area contributed by atoms with Crippen molar-refractivity contribution in [3.8, 4) is 0 Å². The smallest absolute Gasteiger partial charge is 0.370 e. The lowest BCUT2D eigenvalue weighted by molar-refractivity contribution is -0.145. The van der Waals surface area contributed by atoms with E-state index in [2.05, 4.69) is 20.9 Å². The van der Waals surface area contributed by atoms with E-state index in [1.54, 1.807) is 0 Å². The molecule has 4 aromatic rings. The molecule has 1 aromatic heterocycles. The number of hydrogen-bond acceptors (Lipinski definition) is 7. The molecule has 8 N–H and O–H groups in total. The van der Waals surface area contributed by atoms with E-state index in [-0.39, 0.29) is 54.9 Å². The number of benzene rings is 3. The van der Waals surface area contributed by atoms with Gasteiger partial charge in [-0.2, -0.15) is 8.78 Å². The predicted molar refractivity (Wildman–Crippen MR) is 209 cm³/mol. The number of halogens is 2. The highest BCUT2D eigenvalue weighted by Gasteiger charge is 2.50. The summed E-state index contributed by atoms with van der Waals surface area (Å²) in [6.07, 6.45) is 0.505. The molecule has 16 nitrogen and oxygen atoms in total. The third-order valence-electron chi connectivity index (χ3n) is 10.7. The number of fused-ring (bicyclic) bond motifs is 2. The molecule has 2 aliphatic rings. The van der Waals surface area contributed by atoms with Crippen molar-refractivity contribution in [3.05, 3.63) is 107 Å². The van der Waals surface area contributed by atoms with E-state index in [0.717, 1.165) is 29.3 Å². The Labute approximate surface area is 337 Å². The second-order valence-electron chi connectivity index (χ2n) is 14.7. The average molecular weight is 836 g/mol. The van der Waals surface area contributed by atoms with E-state index >= 15 is 0 Å². The molecular formula is C40H44F2N7O9P. The molecule has 0 saturated carbocycles. The Hall–Kier alpha value is -5.97. The number of nitrogens with two attached hydrogens (primary N) is 1. The van der Waals surface area contributed by atoms with Gasteiger partial charge in [0.05, 0.1) is 6.04 Å². The monoisotopic (exact) mass is 835 g/mol. The van der Waals surface area contributed by atoms with Gasteiger partial charge in [0.1, 0.15) is 23.8 Å². The molecule has 0 bridgehead atoms. The number of H-pyrrole nitrogens is 1. The Bertz CT molecular complexity index is 2250. The highest BCUT2D eigenvalue weighted by atomic mass is 31.2. The van der Waals surface area contributed by atoms with Crippen molar-refractivity contribution in [3.63, 3.8) is 0 Å². The summed E-state index contributed by atoms with van der Waals surface area (Å²) in [6, 6.07) is 17.4. The first-order valence-corrected chi connectivity index (χ1v) is 20.5. The van der Waals surface area contributed by atoms with Gasteiger partial charge in [0.15, 0.2) is 0 Å². The molecule has 19 heteroatoms. The molecule has 2 aliphatic heterocycles. The van der Waals surface area contributed by atoms with Gasteiger partial charge >= 0.3 is 13.3 Å². The summed E-state index contributed by atoms with van der Waals surface area (Å²) in [5.74, 6) is -3.87. The first kappa shape index (κ1) is 42.6. The molecule has 4 atom stereocenters. The van der Waals surface area contributed by atoms with E-state index in [1.165, 1.54) is 22.8 Å². The highest BCUT2D eigenvalue weighted by Crippen LogP contribution is 2.59. The van der Waals surface area contributed by atoms with Crippen molar-refractivity contribution in [2.45, 2.75) is 74.9 Å². The van der Waals surface area contributed by atoms with Crippen LogP contribution in [0.2, 0.25) is 0 Å². The lowest BCUT2D eigenvalue weighted by atomic mass is 9.98. The van der Waals surface area contributed by atoms with Gasteiger partial charge in [0.25, 0.3) is 5.91 Å². The van der Waals surface area contributed by atoms with Crippen molar-refractivity contribution in [2.75, 3.05) is 13.1 Å². The molecule has 0 unspecified atom stereocenters. The summed E-state index contributed by atoms with van der Waals surface area (Å²) in [5.41, 5.74) is 1.52. The maximum atomic E-state index is 14.4. The largest absolute Gasteiger partial charge is 0.399 e. The third kappa shape index (κ3) is 9.51. The Morgan fingerprint density at radius 2 is 1.58 bits per heavy atom. The van der Waals surface area contributed by atoms with Gasteiger partial charge in [0, 0.05) is 48.9 Å². The molecule has 0 spiro atoms. The summed E-state index contributed by atoms with van der Waals surface area (Å²) in [6.45, 7) is 1.24. The van der Waals surface area contributed by atoms with Crippen LogP contribution in [0.15, 0.2) is 84.9 Å². The van der Waals surface area contributed by atoms with E-state index in [4.69, 9.17) is 5.73 Å². The zero-order valence-corrected chi connectivity index (χ0v) is 32.7. The van der Waals surface area contributed by atoms with Crippen LogP contribution in [0.3, 0.4) is 0 Å². The van der Waals surface area contributed by atoms with Crippen LogP contribution in [-0.4, -0.2) is 97.3 Å². The van der Waals surface area contributed by atoms with Crippen LogP contribution in [0.1, 0.15) is 72.2 Å². The Morgan fingerprint density at radius 1 is 0.932 bits per heavy atom. The second-order valence-corrected chi connectivity index (χ2v) is 16.3. The fourth-order valence-electron chi connectivity index (χ4n) is 7.59. The summed E-state index contributed by atoms with van der Waals surface area (Å²) in [5, 5.41) is 8.38. The summed E-state index contributed by atoms with van der Waals surface area (Å²) in [7, 11) is -5.87. The Kier molecular flexibility index (Phi) is 12.6. The van der Waals surface area contributed by atoms with Crippen molar-refractivity contribution in [2.24, 2.45) is 5.73 Å². The normalized spacial score (nSPS) is 19.1. The van der Waals surface area contributed by atoms with Crippen molar-refractivity contribution < 1.29 is 51.9 Å². The minimum Gasteiger partial charge on any atom is -0.370 e. The Morgan fingerprint density at radius 3 is 2.17 bits per heavy atom. The maximum absolute atomic E-state index is 14.4. The first-order valence-electron chi connectivity index (χ1n) is 18.9. The fraction of sp³-hybridized carbons (Fsp3) is 0.350. The molecule has 59 heavy (non-hydrogen) atoms. The van der Waals surface area contributed by atoms with Gasteiger partial charge in [-0.05, 0) is 55.0 Å². The molecule has 6 rings (SSSR count). The van der Waals surface area contributed by atoms with Crippen LogP contribution in [-0.2, 0) is 34.2 Å². The van der Waals surface area contributed by atoms with Gasteiger partial charge in [0.2, 0.25) is 29.5 Å². The maximum Gasteiger partial charge on any atom is 0.399 e. The quantitative estimate of drug-likeness (QED) is 0.0978. The van der Waals surface area contributed by atoms with Gasteiger partial charge < -0.3 is 46.3 Å². The van der Waals surface area contributed by atoms with E-state index in [0.29, 0.717) is 12.8 Å². The number of rotatable bonds is 13.